The van der Waals surface area contributed by atoms with E-state index in [-0.39, 0.29) is 17.7 Å². The largest absolute Gasteiger partial charge is 0.457 e. The van der Waals surface area contributed by atoms with Crippen LogP contribution in [0.3, 0.4) is 0 Å². The molecule has 12 heavy (non-hydrogen) atoms. The third-order valence-corrected chi connectivity index (χ3v) is 1.17. The van der Waals surface area contributed by atoms with Crippen molar-refractivity contribution in [3.8, 4) is 0 Å². The molecular formula is C8H11NO3. The second kappa shape index (κ2) is 3.30. The van der Waals surface area contributed by atoms with E-state index in [0.717, 1.165) is 0 Å². The normalized spacial score (nSPS) is 10.2. The van der Waals surface area contributed by atoms with Crippen molar-refractivity contribution >= 4 is 11.9 Å². The molecule has 0 saturated heterocycles. The smallest absolute Gasteiger partial charge is 0.374 e. The molecule has 0 spiro atoms. The highest BCUT2D eigenvalue weighted by molar-refractivity contribution is 5.86. The minimum atomic E-state index is -0.485. The number of esters is 1. The number of nitrogen functional groups attached to an aromatic ring is 1. The van der Waals surface area contributed by atoms with Gasteiger partial charge < -0.3 is 14.9 Å². The van der Waals surface area contributed by atoms with Crippen molar-refractivity contribution in [3.05, 3.63) is 17.9 Å². The SMILES string of the molecule is CC(C)OC(=O)c1ccc(N)o1. The van der Waals surface area contributed by atoms with Gasteiger partial charge in [0.15, 0.2) is 5.88 Å². The maximum Gasteiger partial charge on any atom is 0.374 e. The molecule has 4 heteroatoms. The Hall–Kier alpha value is -1.45. The highest BCUT2D eigenvalue weighted by atomic mass is 16.6. The standard InChI is InChI=1S/C8H11NO3/c1-5(2)11-8(10)6-3-4-7(9)12-6/h3-5H,9H2,1-2H3. The van der Waals surface area contributed by atoms with E-state index in [9.17, 15) is 4.79 Å². The lowest BCUT2D eigenvalue weighted by atomic mass is 10.4. The Kier molecular flexibility index (Phi) is 2.38. The Balaban J connectivity index is 2.65. The molecule has 1 heterocycles. The van der Waals surface area contributed by atoms with Crippen LogP contribution < -0.4 is 5.73 Å². The van der Waals surface area contributed by atoms with Crippen molar-refractivity contribution in [1.29, 1.82) is 0 Å². The van der Waals surface area contributed by atoms with Crippen molar-refractivity contribution < 1.29 is 13.9 Å². The molecule has 0 radical (unpaired) electrons. The van der Waals surface area contributed by atoms with Crippen LogP contribution in [0.4, 0.5) is 5.88 Å². The maximum absolute atomic E-state index is 11.1. The minimum Gasteiger partial charge on any atom is -0.457 e. The second-order valence-electron chi connectivity index (χ2n) is 2.66. The average molecular weight is 169 g/mol. The molecule has 0 aliphatic heterocycles. The average Bonchev–Trinajstić information content (AvgIpc) is 2.34. The van der Waals surface area contributed by atoms with Crippen LogP contribution >= 0.6 is 0 Å². The zero-order valence-electron chi connectivity index (χ0n) is 7.03. The number of rotatable bonds is 2. The van der Waals surface area contributed by atoms with E-state index in [4.69, 9.17) is 14.9 Å². The summed E-state index contributed by atoms with van der Waals surface area (Å²) in [4.78, 5) is 11.1. The third-order valence-electron chi connectivity index (χ3n) is 1.17. The Morgan fingerprint density at radius 1 is 1.58 bits per heavy atom. The molecule has 0 saturated carbocycles. The molecule has 0 amide bonds. The number of hydrogen-bond donors (Lipinski definition) is 1. The molecule has 1 aromatic heterocycles. The first-order valence-electron chi connectivity index (χ1n) is 3.66. The summed E-state index contributed by atoms with van der Waals surface area (Å²) in [7, 11) is 0. The van der Waals surface area contributed by atoms with Crippen molar-refractivity contribution in [1.82, 2.24) is 0 Å². The first kappa shape index (κ1) is 8.64. The Morgan fingerprint density at radius 2 is 2.25 bits per heavy atom. The lowest BCUT2D eigenvalue weighted by molar-refractivity contribution is 0.0342. The van der Waals surface area contributed by atoms with Gasteiger partial charge in [-0.1, -0.05) is 0 Å². The van der Waals surface area contributed by atoms with Gasteiger partial charge in [0.05, 0.1) is 6.10 Å². The van der Waals surface area contributed by atoms with E-state index >= 15 is 0 Å². The highest BCUT2D eigenvalue weighted by Gasteiger charge is 2.12. The predicted octanol–water partition coefficient (Wildman–Crippen LogP) is 1.43. The van der Waals surface area contributed by atoms with Crippen LogP contribution in [-0.2, 0) is 4.74 Å². The van der Waals surface area contributed by atoms with Gasteiger partial charge in [0.2, 0.25) is 5.76 Å². The fourth-order valence-electron chi connectivity index (χ4n) is 0.735. The first-order chi connectivity index (χ1) is 5.59. The Morgan fingerprint density at radius 3 is 2.67 bits per heavy atom. The van der Waals surface area contributed by atoms with Gasteiger partial charge in [0, 0.05) is 6.07 Å². The van der Waals surface area contributed by atoms with Crippen molar-refractivity contribution in [2.75, 3.05) is 5.73 Å². The molecule has 2 N–H and O–H groups in total. The van der Waals surface area contributed by atoms with Gasteiger partial charge in [-0.3, -0.25) is 0 Å². The molecule has 0 unspecified atom stereocenters. The van der Waals surface area contributed by atoms with Crippen LogP contribution in [0.25, 0.3) is 0 Å². The zero-order valence-corrected chi connectivity index (χ0v) is 7.03. The summed E-state index contributed by atoms with van der Waals surface area (Å²) < 4.78 is 9.71. The van der Waals surface area contributed by atoms with Gasteiger partial charge in [-0.05, 0) is 19.9 Å². The van der Waals surface area contributed by atoms with E-state index in [0.29, 0.717) is 0 Å². The summed E-state index contributed by atoms with van der Waals surface area (Å²) in [5.74, 6) is -0.131. The van der Waals surface area contributed by atoms with E-state index in [1.54, 1.807) is 13.8 Å². The Bertz CT molecular complexity index is 278. The lowest BCUT2D eigenvalue weighted by Gasteiger charge is -2.04. The van der Waals surface area contributed by atoms with E-state index in [2.05, 4.69) is 0 Å². The van der Waals surface area contributed by atoms with Crippen LogP contribution in [-0.4, -0.2) is 12.1 Å². The van der Waals surface area contributed by atoms with E-state index < -0.39 is 5.97 Å². The second-order valence-corrected chi connectivity index (χ2v) is 2.66. The third kappa shape index (κ3) is 2.02. The number of ether oxygens (including phenoxy) is 1. The summed E-state index contributed by atoms with van der Waals surface area (Å²) in [6.07, 6.45) is -0.149. The molecule has 0 atom stereocenters. The fourth-order valence-corrected chi connectivity index (χ4v) is 0.735. The van der Waals surface area contributed by atoms with Gasteiger partial charge >= 0.3 is 5.97 Å². The van der Waals surface area contributed by atoms with Crippen molar-refractivity contribution in [2.45, 2.75) is 20.0 Å². The molecule has 1 aromatic rings. The summed E-state index contributed by atoms with van der Waals surface area (Å²) in [5.41, 5.74) is 5.27. The molecule has 4 nitrogen and oxygen atoms in total. The van der Waals surface area contributed by atoms with Crippen LogP contribution in [0.15, 0.2) is 16.5 Å². The molecule has 0 aromatic carbocycles. The summed E-state index contributed by atoms with van der Waals surface area (Å²) in [5, 5.41) is 0. The molecule has 0 bridgehead atoms. The summed E-state index contributed by atoms with van der Waals surface area (Å²) in [6.45, 7) is 3.54. The quantitative estimate of drug-likeness (QED) is 0.680. The molecule has 0 aliphatic carbocycles. The van der Waals surface area contributed by atoms with Crippen molar-refractivity contribution in [3.63, 3.8) is 0 Å². The molecule has 0 fully saturated rings. The summed E-state index contributed by atoms with van der Waals surface area (Å²) >= 11 is 0. The predicted molar refractivity (Wildman–Crippen MR) is 43.7 cm³/mol. The van der Waals surface area contributed by atoms with Gasteiger partial charge in [0.25, 0.3) is 0 Å². The number of nitrogens with two attached hydrogens (primary N) is 1. The first-order valence-corrected chi connectivity index (χ1v) is 3.66. The number of carbonyl (C=O) groups excluding carboxylic acids is 1. The number of anilines is 1. The minimum absolute atomic E-state index is 0.140. The monoisotopic (exact) mass is 169 g/mol. The Labute approximate surface area is 70.3 Å². The fraction of sp³-hybridized carbons (Fsp3) is 0.375. The van der Waals surface area contributed by atoms with Gasteiger partial charge in [-0.15, -0.1) is 0 Å². The topological polar surface area (TPSA) is 65.5 Å². The van der Waals surface area contributed by atoms with Crippen LogP contribution in [0.1, 0.15) is 24.4 Å². The molecule has 1 rings (SSSR count). The zero-order chi connectivity index (χ0) is 9.14. The highest BCUT2D eigenvalue weighted by Crippen LogP contribution is 2.10. The van der Waals surface area contributed by atoms with Crippen LogP contribution in [0, 0.1) is 0 Å². The molecular weight excluding hydrogens is 158 g/mol. The maximum atomic E-state index is 11.1. The van der Waals surface area contributed by atoms with Crippen LogP contribution in [0.2, 0.25) is 0 Å². The van der Waals surface area contributed by atoms with Crippen LogP contribution in [0.5, 0.6) is 0 Å². The van der Waals surface area contributed by atoms with E-state index in [1.165, 1.54) is 12.1 Å². The van der Waals surface area contributed by atoms with Gasteiger partial charge in [0.1, 0.15) is 0 Å². The molecule has 0 aliphatic rings. The van der Waals surface area contributed by atoms with E-state index in [1.807, 2.05) is 0 Å². The number of furan rings is 1. The number of carbonyl (C=O) groups is 1. The number of hydrogen-bond acceptors (Lipinski definition) is 4. The summed E-state index contributed by atoms with van der Waals surface area (Å²) in [6, 6.07) is 3.00. The lowest BCUT2D eigenvalue weighted by Crippen LogP contribution is -2.10. The van der Waals surface area contributed by atoms with Gasteiger partial charge in [-0.25, -0.2) is 4.79 Å². The van der Waals surface area contributed by atoms with Crippen molar-refractivity contribution in [2.24, 2.45) is 0 Å². The van der Waals surface area contributed by atoms with Gasteiger partial charge in [-0.2, -0.15) is 0 Å². The molecule has 66 valence electrons.